The van der Waals surface area contributed by atoms with E-state index in [1.807, 2.05) is 62.9 Å². The first kappa shape index (κ1) is 21.9. The predicted molar refractivity (Wildman–Crippen MR) is 115 cm³/mol. The summed E-state index contributed by atoms with van der Waals surface area (Å²) in [4.78, 5) is 26.7. The van der Waals surface area contributed by atoms with Gasteiger partial charge in [-0.05, 0) is 45.5 Å². The number of nitrogens with one attached hydrogen (secondary N) is 1. The van der Waals surface area contributed by atoms with Crippen molar-refractivity contribution in [3.8, 4) is 11.5 Å². The molecule has 7 nitrogen and oxygen atoms in total. The van der Waals surface area contributed by atoms with Crippen LogP contribution in [0.25, 0.3) is 0 Å². The van der Waals surface area contributed by atoms with E-state index < -0.39 is 0 Å². The Bertz CT molecular complexity index is 906. The Morgan fingerprint density at radius 1 is 1.17 bits per heavy atom. The van der Waals surface area contributed by atoms with Crippen molar-refractivity contribution in [2.24, 2.45) is 0 Å². The molecule has 1 aromatic heterocycles. The zero-order valence-corrected chi connectivity index (χ0v) is 18.2. The average molecular weight is 414 g/mol. The van der Waals surface area contributed by atoms with Gasteiger partial charge in [0.15, 0.2) is 23.4 Å². The number of Topliss-reactive ketones (excluding diaryl/α,β-unsaturated/α-hetero) is 1. The number of carbonyl (C=O) groups excluding carboxylic acids is 2. The third-order valence-electron chi connectivity index (χ3n) is 5.38. The van der Waals surface area contributed by atoms with Gasteiger partial charge in [-0.2, -0.15) is 0 Å². The molecular weight excluding hydrogens is 382 g/mol. The minimum absolute atomic E-state index is 0.0201. The first-order chi connectivity index (χ1) is 14.4. The van der Waals surface area contributed by atoms with Crippen molar-refractivity contribution in [3.05, 3.63) is 47.3 Å². The Balaban J connectivity index is 1.67. The minimum atomic E-state index is -0.127. The minimum Gasteiger partial charge on any atom is -0.486 e. The van der Waals surface area contributed by atoms with Gasteiger partial charge < -0.3 is 19.4 Å². The van der Waals surface area contributed by atoms with Crippen LogP contribution in [0.15, 0.2) is 30.3 Å². The van der Waals surface area contributed by atoms with E-state index in [0.717, 1.165) is 22.9 Å². The summed E-state index contributed by atoms with van der Waals surface area (Å²) in [6.07, 6.45) is -0.127. The maximum atomic E-state index is 13.0. The van der Waals surface area contributed by atoms with E-state index in [0.29, 0.717) is 31.8 Å². The van der Waals surface area contributed by atoms with Crippen LogP contribution < -0.4 is 14.8 Å². The number of ether oxygens (including phenoxy) is 2. The molecular formula is C23H31N3O4. The second-order valence-electron chi connectivity index (χ2n) is 7.57. The molecule has 1 aliphatic heterocycles. The van der Waals surface area contributed by atoms with E-state index in [9.17, 15) is 9.59 Å². The van der Waals surface area contributed by atoms with Gasteiger partial charge in [0.05, 0.1) is 19.6 Å². The molecule has 1 unspecified atom stereocenters. The van der Waals surface area contributed by atoms with Crippen LogP contribution in [0.5, 0.6) is 11.5 Å². The summed E-state index contributed by atoms with van der Waals surface area (Å²) in [5.74, 6) is 1.47. The largest absolute Gasteiger partial charge is 0.486 e. The number of ketones is 1. The zero-order valence-electron chi connectivity index (χ0n) is 18.2. The van der Waals surface area contributed by atoms with Gasteiger partial charge in [-0.15, -0.1) is 0 Å². The second kappa shape index (κ2) is 9.80. The monoisotopic (exact) mass is 413 g/mol. The number of carbonyl (C=O) groups is 2. The summed E-state index contributed by atoms with van der Waals surface area (Å²) >= 11 is 0. The number of amides is 1. The summed E-state index contributed by atoms with van der Waals surface area (Å²) < 4.78 is 14.0. The SMILES string of the molecule is CCNC(=O)CN(CC)CC(=O)c1cc(C)n(CC2COc3ccccc3O2)c1C. The Labute approximate surface area is 178 Å². The fraction of sp³-hybridized carbons (Fsp3) is 0.478. The molecule has 0 saturated carbocycles. The molecule has 0 spiro atoms. The third kappa shape index (κ3) is 5.02. The standard InChI is InChI=1S/C23H31N3O4/c1-5-24-23(28)14-25(6-2)13-20(27)19-11-16(3)26(17(19)4)12-18-15-29-21-9-7-8-10-22(21)30-18/h7-11,18H,5-6,12-15H2,1-4H3,(H,24,28). The number of aryl methyl sites for hydroxylation is 1. The molecule has 0 radical (unpaired) electrons. The number of aromatic nitrogens is 1. The highest BCUT2D eigenvalue weighted by molar-refractivity contribution is 5.99. The summed E-state index contributed by atoms with van der Waals surface area (Å²) in [5, 5.41) is 2.78. The second-order valence-corrected chi connectivity index (χ2v) is 7.57. The topological polar surface area (TPSA) is 72.8 Å². The van der Waals surface area contributed by atoms with Crippen LogP contribution in [0.4, 0.5) is 0 Å². The van der Waals surface area contributed by atoms with Crippen molar-refractivity contribution in [2.75, 3.05) is 32.8 Å². The van der Waals surface area contributed by atoms with E-state index in [4.69, 9.17) is 9.47 Å². The van der Waals surface area contributed by atoms with Gasteiger partial charge in [0.1, 0.15) is 6.61 Å². The molecule has 1 N–H and O–H groups in total. The van der Waals surface area contributed by atoms with Gasteiger partial charge in [0, 0.05) is 23.5 Å². The van der Waals surface area contributed by atoms with Crippen molar-refractivity contribution in [1.29, 1.82) is 0 Å². The lowest BCUT2D eigenvalue weighted by Gasteiger charge is -2.27. The molecule has 30 heavy (non-hydrogen) atoms. The molecule has 0 bridgehead atoms. The molecule has 1 atom stereocenters. The maximum Gasteiger partial charge on any atom is 0.234 e. The predicted octanol–water partition coefficient (Wildman–Crippen LogP) is 2.59. The van der Waals surface area contributed by atoms with E-state index in [-0.39, 0.29) is 30.9 Å². The molecule has 3 rings (SSSR count). The Kier molecular flexibility index (Phi) is 7.15. The van der Waals surface area contributed by atoms with Crippen LogP contribution >= 0.6 is 0 Å². The molecule has 1 aliphatic rings. The lowest BCUT2D eigenvalue weighted by Crippen LogP contribution is -2.39. The van der Waals surface area contributed by atoms with Crippen LogP contribution in [0.1, 0.15) is 35.6 Å². The molecule has 0 saturated heterocycles. The van der Waals surface area contributed by atoms with Crippen molar-refractivity contribution in [1.82, 2.24) is 14.8 Å². The van der Waals surface area contributed by atoms with Gasteiger partial charge in [-0.25, -0.2) is 0 Å². The van der Waals surface area contributed by atoms with Gasteiger partial charge in [0.2, 0.25) is 5.91 Å². The Morgan fingerprint density at radius 3 is 2.60 bits per heavy atom. The number of hydrogen-bond acceptors (Lipinski definition) is 5. The summed E-state index contributed by atoms with van der Waals surface area (Å²) in [6.45, 7) is 10.5. The molecule has 2 heterocycles. The normalized spacial score (nSPS) is 15.3. The molecule has 1 amide bonds. The summed E-state index contributed by atoms with van der Waals surface area (Å²) in [7, 11) is 0. The quantitative estimate of drug-likeness (QED) is 0.640. The summed E-state index contributed by atoms with van der Waals surface area (Å²) in [5.41, 5.74) is 2.61. The lowest BCUT2D eigenvalue weighted by atomic mass is 10.1. The Hall–Kier alpha value is -2.80. The van der Waals surface area contributed by atoms with E-state index in [1.165, 1.54) is 0 Å². The van der Waals surface area contributed by atoms with Crippen molar-refractivity contribution >= 4 is 11.7 Å². The number of nitrogens with zero attached hydrogens (tertiary/aromatic N) is 2. The van der Waals surface area contributed by atoms with Crippen LogP contribution in [-0.4, -0.2) is 60.0 Å². The van der Waals surface area contributed by atoms with E-state index >= 15 is 0 Å². The average Bonchev–Trinajstić information content (AvgIpc) is 3.01. The van der Waals surface area contributed by atoms with E-state index in [1.54, 1.807) is 0 Å². The molecule has 162 valence electrons. The first-order valence-corrected chi connectivity index (χ1v) is 10.5. The van der Waals surface area contributed by atoms with Gasteiger partial charge in [-0.1, -0.05) is 19.1 Å². The fourth-order valence-corrected chi connectivity index (χ4v) is 3.74. The zero-order chi connectivity index (χ0) is 21.7. The number of para-hydroxylation sites is 2. The third-order valence-corrected chi connectivity index (χ3v) is 5.38. The van der Waals surface area contributed by atoms with Gasteiger partial charge in [-0.3, -0.25) is 14.5 Å². The molecule has 7 heteroatoms. The van der Waals surface area contributed by atoms with Crippen LogP contribution in [-0.2, 0) is 11.3 Å². The fourth-order valence-electron chi connectivity index (χ4n) is 3.74. The highest BCUT2D eigenvalue weighted by Gasteiger charge is 2.24. The summed E-state index contributed by atoms with van der Waals surface area (Å²) in [6, 6.07) is 9.57. The number of likely N-dealkylation sites (N-methyl/N-ethyl adjacent to an activating group) is 2. The number of benzene rings is 1. The van der Waals surface area contributed by atoms with Crippen molar-refractivity contribution in [2.45, 2.75) is 40.3 Å². The van der Waals surface area contributed by atoms with Gasteiger partial charge in [0.25, 0.3) is 0 Å². The Morgan fingerprint density at radius 2 is 1.90 bits per heavy atom. The molecule has 0 fully saturated rings. The molecule has 2 aromatic rings. The first-order valence-electron chi connectivity index (χ1n) is 10.5. The maximum absolute atomic E-state index is 13.0. The van der Waals surface area contributed by atoms with Crippen molar-refractivity contribution in [3.63, 3.8) is 0 Å². The lowest BCUT2D eigenvalue weighted by molar-refractivity contribution is -0.121. The highest BCUT2D eigenvalue weighted by atomic mass is 16.6. The molecule has 1 aromatic carbocycles. The smallest absolute Gasteiger partial charge is 0.234 e. The van der Waals surface area contributed by atoms with Crippen LogP contribution in [0, 0.1) is 13.8 Å². The number of hydrogen-bond donors (Lipinski definition) is 1. The van der Waals surface area contributed by atoms with E-state index in [2.05, 4.69) is 9.88 Å². The van der Waals surface area contributed by atoms with Crippen LogP contribution in [0.2, 0.25) is 0 Å². The highest BCUT2D eigenvalue weighted by Crippen LogP contribution is 2.31. The van der Waals surface area contributed by atoms with Crippen molar-refractivity contribution < 1.29 is 19.1 Å². The molecule has 0 aliphatic carbocycles. The van der Waals surface area contributed by atoms with Gasteiger partial charge >= 0.3 is 0 Å². The number of rotatable bonds is 9. The number of fused-ring (bicyclic) bond motifs is 1. The van der Waals surface area contributed by atoms with Crippen LogP contribution in [0.3, 0.4) is 0 Å².